The minimum atomic E-state index is -0.707. The number of likely N-dealkylation sites (N-methyl/N-ethyl adjacent to an activating group) is 1. The molecule has 1 aliphatic heterocycles. The van der Waals surface area contributed by atoms with E-state index in [0.717, 1.165) is 26.1 Å². The van der Waals surface area contributed by atoms with Gasteiger partial charge in [0, 0.05) is 31.7 Å². The first-order valence-electron chi connectivity index (χ1n) is 7.86. The highest BCUT2D eigenvalue weighted by atomic mass is 16.4. The Bertz CT molecular complexity index is 449. The molecule has 0 amide bonds. The van der Waals surface area contributed by atoms with Gasteiger partial charge in [-0.25, -0.2) is 0 Å². The summed E-state index contributed by atoms with van der Waals surface area (Å²) in [6.45, 7) is 8.07. The zero-order valence-electron chi connectivity index (χ0n) is 13.0. The van der Waals surface area contributed by atoms with Crippen LogP contribution in [0.15, 0.2) is 30.3 Å². The van der Waals surface area contributed by atoms with Gasteiger partial charge in [-0.3, -0.25) is 14.6 Å². The lowest BCUT2D eigenvalue weighted by molar-refractivity contribution is -0.137. The number of carbonyl (C=O) groups is 1. The van der Waals surface area contributed by atoms with E-state index < -0.39 is 5.97 Å². The third-order valence-electron chi connectivity index (χ3n) is 4.56. The third-order valence-corrected chi connectivity index (χ3v) is 4.56. The van der Waals surface area contributed by atoms with Gasteiger partial charge in [-0.2, -0.15) is 0 Å². The van der Waals surface area contributed by atoms with Gasteiger partial charge >= 0.3 is 5.97 Å². The fourth-order valence-electron chi connectivity index (χ4n) is 3.20. The molecule has 0 saturated carbocycles. The predicted octanol–water partition coefficient (Wildman–Crippen LogP) is 2.62. The number of benzene rings is 1. The van der Waals surface area contributed by atoms with E-state index in [4.69, 9.17) is 5.11 Å². The molecule has 0 radical (unpaired) electrons. The fourth-order valence-corrected chi connectivity index (χ4v) is 3.20. The maximum Gasteiger partial charge on any atom is 0.304 e. The quantitative estimate of drug-likeness (QED) is 0.838. The Labute approximate surface area is 127 Å². The van der Waals surface area contributed by atoms with Crippen molar-refractivity contribution in [1.29, 1.82) is 0 Å². The highest BCUT2D eigenvalue weighted by Crippen LogP contribution is 2.26. The summed E-state index contributed by atoms with van der Waals surface area (Å²) < 4.78 is 0. The first kappa shape index (κ1) is 16.0. The molecule has 0 spiro atoms. The van der Waals surface area contributed by atoms with Crippen LogP contribution in [0.1, 0.15) is 38.3 Å². The summed E-state index contributed by atoms with van der Waals surface area (Å²) in [6.07, 6.45) is 1.36. The summed E-state index contributed by atoms with van der Waals surface area (Å²) in [4.78, 5) is 15.6. The molecule has 0 bridgehead atoms. The smallest absolute Gasteiger partial charge is 0.304 e. The van der Waals surface area contributed by atoms with Crippen LogP contribution in [-0.2, 0) is 4.79 Å². The SMILES string of the molecule is CCN(CCC(=O)O)C1CCN(C(C)c2ccccc2)C1. The van der Waals surface area contributed by atoms with Gasteiger partial charge < -0.3 is 5.11 Å². The van der Waals surface area contributed by atoms with E-state index in [1.807, 2.05) is 6.07 Å². The second-order valence-corrected chi connectivity index (χ2v) is 5.80. The summed E-state index contributed by atoms with van der Waals surface area (Å²) in [5.41, 5.74) is 1.35. The first-order chi connectivity index (χ1) is 10.1. The molecule has 1 aromatic rings. The lowest BCUT2D eigenvalue weighted by Gasteiger charge is -2.29. The van der Waals surface area contributed by atoms with Crippen molar-refractivity contribution in [1.82, 2.24) is 9.80 Å². The van der Waals surface area contributed by atoms with E-state index in [1.165, 1.54) is 5.56 Å². The maximum atomic E-state index is 10.8. The third kappa shape index (κ3) is 4.29. The first-order valence-corrected chi connectivity index (χ1v) is 7.86. The summed E-state index contributed by atoms with van der Waals surface area (Å²) >= 11 is 0. The van der Waals surface area contributed by atoms with Crippen LogP contribution in [0.5, 0.6) is 0 Å². The van der Waals surface area contributed by atoms with Crippen LogP contribution in [0, 0.1) is 0 Å². The number of nitrogens with zero attached hydrogens (tertiary/aromatic N) is 2. The molecule has 2 unspecified atom stereocenters. The zero-order chi connectivity index (χ0) is 15.2. The highest BCUT2D eigenvalue weighted by Gasteiger charge is 2.30. The summed E-state index contributed by atoms with van der Waals surface area (Å²) in [5.74, 6) is -0.707. The summed E-state index contributed by atoms with van der Waals surface area (Å²) in [5, 5.41) is 8.85. The van der Waals surface area contributed by atoms with Crippen molar-refractivity contribution in [3.63, 3.8) is 0 Å². The number of rotatable bonds is 7. The van der Waals surface area contributed by atoms with E-state index in [2.05, 4.69) is 47.9 Å². The number of aliphatic carboxylic acids is 1. The fraction of sp³-hybridized carbons (Fsp3) is 0.588. The Morgan fingerprint density at radius 3 is 2.76 bits per heavy atom. The Morgan fingerprint density at radius 1 is 1.43 bits per heavy atom. The monoisotopic (exact) mass is 290 g/mol. The van der Waals surface area contributed by atoms with Crippen molar-refractivity contribution >= 4 is 5.97 Å². The largest absolute Gasteiger partial charge is 0.481 e. The summed E-state index contributed by atoms with van der Waals surface area (Å²) in [7, 11) is 0. The summed E-state index contributed by atoms with van der Waals surface area (Å²) in [6, 6.07) is 11.5. The molecule has 0 aromatic heterocycles. The molecular weight excluding hydrogens is 264 g/mol. The predicted molar refractivity (Wildman–Crippen MR) is 84.3 cm³/mol. The van der Waals surface area contributed by atoms with Gasteiger partial charge in [-0.1, -0.05) is 37.3 Å². The molecule has 2 atom stereocenters. The van der Waals surface area contributed by atoms with E-state index in [1.54, 1.807) is 0 Å². The molecule has 21 heavy (non-hydrogen) atoms. The Balaban J connectivity index is 1.91. The van der Waals surface area contributed by atoms with Crippen LogP contribution in [0.3, 0.4) is 0 Å². The van der Waals surface area contributed by atoms with Crippen LogP contribution in [0.25, 0.3) is 0 Å². The number of hydrogen-bond acceptors (Lipinski definition) is 3. The van der Waals surface area contributed by atoms with Gasteiger partial charge in [0.2, 0.25) is 0 Å². The van der Waals surface area contributed by atoms with Gasteiger partial charge in [0.15, 0.2) is 0 Å². The molecule has 1 N–H and O–H groups in total. The lowest BCUT2D eigenvalue weighted by atomic mass is 10.1. The molecular formula is C17H26N2O2. The molecule has 116 valence electrons. The Hall–Kier alpha value is -1.39. The maximum absolute atomic E-state index is 10.8. The topological polar surface area (TPSA) is 43.8 Å². The average molecular weight is 290 g/mol. The molecule has 4 nitrogen and oxygen atoms in total. The van der Waals surface area contributed by atoms with Crippen molar-refractivity contribution in [3.8, 4) is 0 Å². The molecule has 0 aliphatic carbocycles. The van der Waals surface area contributed by atoms with Crippen LogP contribution in [0.2, 0.25) is 0 Å². The van der Waals surface area contributed by atoms with Gasteiger partial charge in [0.05, 0.1) is 6.42 Å². The number of carboxylic acids is 1. The van der Waals surface area contributed by atoms with Gasteiger partial charge in [0.1, 0.15) is 0 Å². The van der Waals surface area contributed by atoms with Crippen molar-refractivity contribution in [2.45, 2.75) is 38.8 Å². The van der Waals surface area contributed by atoms with Crippen molar-refractivity contribution in [3.05, 3.63) is 35.9 Å². The average Bonchev–Trinajstić information content (AvgIpc) is 2.97. The van der Waals surface area contributed by atoms with E-state index in [0.29, 0.717) is 18.6 Å². The van der Waals surface area contributed by atoms with E-state index >= 15 is 0 Å². The van der Waals surface area contributed by atoms with Crippen LogP contribution >= 0.6 is 0 Å². The lowest BCUT2D eigenvalue weighted by Crippen LogP contribution is -2.39. The van der Waals surface area contributed by atoms with E-state index in [9.17, 15) is 4.79 Å². The second kappa shape index (κ2) is 7.57. The molecule has 1 heterocycles. The molecule has 1 saturated heterocycles. The van der Waals surface area contributed by atoms with Crippen molar-refractivity contribution in [2.75, 3.05) is 26.2 Å². The van der Waals surface area contributed by atoms with Crippen LogP contribution in [0.4, 0.5) is 0 Å². The minimum Gasteiger partial charge on any atom is -0.481 e. The molecule has 1 fully saturated rings. The minimum absolute atomic E-state index is 0.235. The normalized spacial score (nSPS) is 20.8. The number of hydrogen-bond donors (Lipinski definition) is 1. The highest BCUT2D eigenvalue weighted by molar-refractivity contribution is 5.66. The van der Waals surface area contributed by atoms with E-state index in [-0.39, 0.29) is 6.42 Å². The molecule has 1 aromatic carbocycles. The Kier molecular flexibility index (Phi) is 5.76. The van der Waals surface area contributed by atoms with Gasteiger partial charge in [-0.15, -0.1) is 0 Å². The number of likely N-dealkylation sites (tertiary alicyclic amines) is 1. The van der Waals surface area contributed by atoms with Crippen LogP contribution < -0.4 is 0 Å². The van der Waals surface area contributed by atoms with Gasteiger partial charge in [0.25, 0.3) is 0 Å². The zero-order valence-corrected chi connectivity index (χ0v) is 13.0. The molecule has 4 heteroatoms. The Morgan fingerprint density at radius 2 is 2.14 bits per heavy atom. The van der Waals surface area contributed by atoms with Gasteiger partial charge in [-0.05, 0) is 25.5 Å². The molecule has 2 rings (SSSR count). The van der Waals surface area contributed by atoms with Crippen molar-refractivity contribution < 1.29 is 9.90 Å². The molecule has 1 aliphatic rings. The second-order valence-electron chi connectivity index (χ2n) is 5.80. The number of carboxylic acid groups (broad SMARTS) is 1. The standard InChI is InChI=1S/C17H26N2O2/c1-3-18(12-10-17(20)21)16-9-11-19(13-16)14(2)15-7-5-4-6-8-15/h4-8,14,16H,3,9-13H2,1-2H3,(H,20,21). The van der Waals surface area contributed by atoms with Crippen LogP contribution in [-0.4, -0.2) is 53.1 Å². The van der Waals surface area contributed by atoms with Crippen molar-refractivity contribution in [2.24, 2.45) is 0 Å².